The maximum absolute atomic E-state index is 13.6. The average Bonchev–Trinajstić information content (AvgIpc) is 3.74. The summed E-state index contributed by atoms with van der Waals surface area (Å²) in [6.07, 6.45) is 1.59. The number of halogens is 1. The minimum atomic E-state index is -4.09. The van der Waals surface area contributed by atoms with Crippen molar-refractivity contribution in [2.24, 2.45) is 4.99 Å². The van der Waals surface area contributed by atoms with Crippen LogP contribution in [0.3, 0.4) is 0 Å². The lowest BCUT2D eigenvalue weighted by atomic mass is 9.93. The molecule has 1 aliphatic carbocycles. The van der Waals surface area contributed by atoms with Crippen molar-refractivity contribution in [2.75, 3.05) is 104 Å². The Morgan fingerprint density at radius 1 is 0.741 bits per heavy atom. The molecule has 19 nitrogen and oxygen atoms in total. The molecule has 5 aromatic rings. The minimum Gasteiger partial charge on any atom is -0.497 e. The predicted molar refractivity (Wildman–Crippen MR) is 313 cm³/mol. The van der Waals surface area contributed by atoms with Gasteiger partial charge >= 0.3 is 0 Å². The Kier molecular flexibility index (Phi) is 23.4. The van der Waals surface area contributed by atoms with E-state index in [-0.39, 0.29) is 73.3 Å². The number of ether oxygens (including phenoxy) is 5. The molecule has 22 heteroatoms. The van der Waals surface area contributed by atoms with Gasteiger partial charge < -0.3 is 48.2 Å². The minimum absolute atomic E-state index is 0.0455. The van der Waals surface area contributed by atoms with Crippen molar-refractivity contribution < 1.29 is 59.7 Å². The number of sulfonamides is 1. The molecule has 0 fully saturated rings. The number of nitrogens with zero attached hydrogens (tertiary/aromatic N) is 3. The largest absolute Gasteiger partial charge is 0.497 e. The Morgan fingerprint density at radius 3 is 2.05 bits per heavy atom. The molecule has 0 saturated heterocycles. The molecule has 2 aliphatic rings. The van der Waals surface area contributed by atoms with Crippen LogP contribution in [0.15, 0.2) is 116 Å². The number of nitrogens with one attached hydrogen (secondary N) is 3. The molecule has 0 saturated carbocycles. The second kappa shape index (κ2) is 30.5. The molecule has 1 unspecified atom stereocenters. The van der Waals surface area contributed by atoms with Crippen LogP contribution in [-0.2, 0) is 56.1 Å². The molecule has 1 atom stereocenters. The smallest absolute Gasteiger partial charge is 0.262 e. The molecule has 81 heavy (non-hydrogen) atoms. The summed E-state index contributed by atoms with van der Waals surface area (Å²) in [5, 5.41) is 8.53. The molecule has 434 valence electrons. The third kappa shape index (κ3) is 16.6. The van der Waals surface area contributed by atoms with E-state index in [2.05, 4.69) is 39.1 Å². The summed E-state index contributed by atoms with van der Waals surface area (Å²) in [6.45, 7) is 12.9. The monoisotopic (exact) mass is 1170 g/mol. The predicted octanol–water partition coefficient (Wildman–Crippen LogP) is 8.16. The molecular weight excluding hydrogens is 1100 g/mol. The zero-order valence-corrected chi connectivity index (χ0v) is 48.7. The van der Waals surface area contributed by atoms with Crippen molar-refractivity contribution in [3.63, 3.8) is 0 Å². The third-order valence-corrected chi connectivity index (χ3v) is 15.9. The van der Waals surface area contributed by atoms with Gasteiger partial charge in [-0.1, -0.05) is 17.7 Å². The van der Waals surface area contributed by atoms with Crippen LogP contribution < -0.4 is 30.3 Å². The van der Waals surface area contributed by atoms with E-state index in [4.69, 9.17) is 39.7 Å². The highest BCUT2D eigenvalue weighted by atomic mass is 35.5. The topological polar surface area (TPSA) is 239 Å². The Morgan fingerprint density at radius 2 is 1.40 bits per heavy atom. The van der Waals surface area contributed by atoms with E-state index >= 15 is 0 Å². The van der Waals surface area contributed by atoms with Gasteiger partial charge in [-0.3, -0.25) is 23.9 Å². The summed E-state index contributed by atoms with van der Waals surface area (Å²) in [5.74, 6) is 0.589. The maximum atomic E-state index is 13.6. The lowest BCUT2D eigenvalue weighted by Crippen LogP contribution is -2.28. The lowest BCUT2D eigenvalue weighted by Gasteiger charge is -2.22. The Hall–Kier alpha value is -6.53. The molecule has 1 aromatic heterocycles. The summed E-state index contributed by atoms with van der Waals surface area (Å²) in [6, 6.07) is 27.7. The standard InChI is InChI=1S/C59H71ClN6O13S2/c1-6-61-43-15-19-47-53(35-43)79-54-36-44(65(7-2)8-3)16-20-48(54)58(47)49-21-18-46(38-55(49)80(70)71)81(72,73)64-26-28-76-30-32-78-34-33-77-31-29-75-27-23-56(67)62-24-9-10-25-63-57(68)39-50-40(4)66(52-22-17-45(74-5)37-51(50)52)59(69)41-11-13-42(60)14-12-41/h11-22,35-38,64H,6-10,23-34,39H2,1-5H3,(H,62,67)(H,63,68)(H,70,71). The van der Waals surface area contributed by atoms with Crippen LogP contribution >= 0.6 is 11.6 Å². The van der Waals surface area contributed by atoms with Gasteiger partial charge in [0.2, 0.25) is 21.8 Å². The van der Waals surface area contributed by atoms with Crippen molar-refractivity contribution in [3.05, 3.63) is 124 Å². The fourth-order valence-corrected chi connectivity index (χ4v) is 11.1. The fraction of sp³-hybridized carbons (Fsp3) is 0.390. The van der Waals surface area contributed by atoms with Crippen LogP contribution in [-0.4, -0.2) is 139 Å². The lowest BCUT2D eigenvalue weighted by molar-refractivity contribution is -0.122. The molecule has 2 amide bonds. The number of hydrogen-bond acceptors (Lipinski definition) is 14. The van der Waals surface area contributed by atoms with Gasteiger partial charge in [0.1, 0.15) is 17.1 Å². The van der Waals surface area contributed by atoms with E-state index in [1.807, 2.05) is 62.4 Å². The summed E-state index contributed by atoms with van der Waals surface area (Å²) in [4.78, 5) is 45.5. The summed E-state index contributed by atoms with van der Waals surface area (Å²) < 4.78 is 88.6. The van der Waals surface area contributed by atoms with E-state index in [1.54, 1.807) is 48.1 Å². The van der Waals surface area contributed by atoms with Gasteiger partial charge in [0.15, 0.2) is 11.1 Å². The van der Waals surface area contributed by atoms with E-state index in [0.29, 0.717) is 120 Å². The zero-order valence-electron chi connectivity index (χ0n) is 46.3. The van der Waals surface area contributed by atoms with Crippen LogP contribution in [0.5, 0.6) is 5.75 Å². The Bertz CT molecular complexity index is 3460. The average molecular weight is 1170 g/mol. The van der Waals surface area contributed by atoms with Gasteiger partial charge in [0.25, 0.3) is 5.91 Å². The first-order chi connectivity index (χ1) is 39.2. The molecule has 1 aliphatic heterocycles. The Labute approximate surface area is 480 Å². The number of methoxy groups -OCH3 is 1. The fourth-order valence-electron chi connectivity index (χ4n) is 9.32. The first-order valence-electron chi connectivity index (χ1n) is 27.0. The molecular formula is C59H71ClN6O13S2. The van der Waals surface area contributed by atoms with E-state index in [9.17, 15) is 31.6 Å². The second-order valence-corrected chi connectivity index (χ2v) is 21.8. The number of aromatic nitrogens is 1. The number of unbranched alkanes of at least 4 members (excludes halogenated alkanes) is 1. The third-order valence-electron chi connectivity index (χ3n) is 13.4. The highest BCUT2D eigenvalue weighted by Crippen LogP contribution is 2.43. The van der Waals surface area contributed by atoms with Gasteiger partial charge in [0, 0.05) is 107 Å². The molecule has 0 spiro atoms. The summed E-state index contributed by atoms with van der Waals surface area (Å²) in [5.41, 5.74) is 5.77. The zero-order chi connectivity index (χ0) is 57.9. The molecule has 4 N–H and O–H groups in total. The normalized spacial score (nSPS) is 12.4. The second-order valence-electron chi connectivity index (χ2n) is 18.7. The van der Waals surface area contributed by atoms with Crippen molar-refractivity contribution in [3.8, 4) is 28.2 Å². The summed E-state index contributed by atoms with van der Waals surface area (Å²) in [7, 11) is -2.53. The van der Waals surface area contributed by atoms with E-state index in [0.717, 1.165) is 35.1 Å². The molecule has 7 rings (SSSR count). The van der Waals surface area contributed by atoms with Crippen molar-refractivity contribution >= 4 is 78.0 Å². The van der Waals surface area contributed by atoms with E-state index in [1.165, 1.54) is 12.1 Å². The SMILES string of the molecule is CCN=c1ccc2c(-c3ccc(S(=O)(=O)NCCOCCOCCOCCOCCC(=O)NCCCCNC(=O)Cc4c(C)n(C(=O)c5ccc(Cl)cc5)c5ccc(OC)cc45)cc3S(=O)O)c3ccc(N(CC)CC)cc3oc-2c1. The van der Waals surface area contributed by atoms with Crippen LogP contribution in [0.2, 0.25) is 5.02 Å². The molecule has 4 aromatic carbocycles. The first-order valence-corrected chi connectivity index (χ1v) is 30.0. The van der Waals surface area contributed by atoms with Crippen molar-refractivity contribution in [1.29, 1.82) is 0 Å². The van der Waals surface area contributed by atoms with E-state index < -0.39 is 21.1 Å². The number of fused-ring (bicyclic) bond motifs is 3. The van der Waals surface area contributed by atoms with Gasteiger partial charge in [-0.05, 0) is 125 Å². The van der Waals surface area contributed by atoms with Crippen molar-refractivity contribution in [2.45, 2.75) is 63.2 Å². The number of amides is 2. The number of hydrogen-bond donors (Lipinski definition) is 4. The summed E-state index contributed by atoms with van der Waals surface area (Å²) >= 11 is 3.49. The van der Waals surface area contributed by atoms with Crippen LogP contribution in [0, 0.1) is 6.92 Å². The number of carbonyl (C=O) groups is 3. The van der Waals surface area contributed by atoms with Crippen molar-refractivity contribution in [1.82, 2.24) is 19.9 Å². The number of benzene rings is 5. The molecule has 2 heterocycles. The highest BCUT2D eigenvalue weighted by molar-refractivity contribution is 7.89. The number of carbonyl (C=O) groups excluding carboxylic acids is 3. The first kappa shape index (κ1) is 62.1. The number of anilines is 1. The van der Waals surface area contributed by atoms with Crippen LogP contribution in [0.4, 0.5) is 5.69 Å². The quantitative estimate of drug-likeness (QED) is 0.0177. The molecule has 0 radical (unpaired) electrons. The van der Waals surface area contributed by atoms with Gasteiger partial charge in [-0.25, -0.2) is 17.3 Å². The van der Waals surface area contributed by atoms with Gasteiger partial charge in [-0.15, -0.1) is 0 Å². The Balaban J connectivity index is 0.737. The highest BCUT2D eigenvalue weighted by Gasteiger charge is 2.26. The van der Waals surface area contributed by atoms with Crippen LogP contribution in [0.1, 0.15) is 61.6 Å². The van der Waals surface area contributed by atoms with Crippen LogP contribution in [0.25, 0.3) is 44.3 Å². The molecule has 0 bridgehead atoms. The number of rotatable bonds is 32. The van der Waals surface area contributed by atoms with Gasteiger partial charge in [0.05, 0.1) is 87.1 Å². The maximum Gasteiger partial charge on any atom is 0.262 e. The van der Waals surface area contributed by atoms with Gasteiger partial charge in [-0.2, -0.15) is 0 Å².